The number of piperazine rings is 1. The van der Waals surface area contributed by atoms with Gasteiger partial charge in [-0.2, -0.15) is 0 Å². The Morgan fingerprint density at radius 3 is 2.36 bits per heavy atom. The zero-order valence-electron chi connectivity index (χ0n) is 20.2. The van der Waals surface area contributed by atoms with Crippen LogP contribution in [0.25, 0.3) is 0 Å². The Balaban J connectivity index is 1.26. The zero-order chi connectivity index (χ0) is 23.4. The fraction of sp³-hybridized carbons (Fsp3) is 0.708. The van der Waals surface area contributed by atoms with Crippen molar-refractivity contribution in [2.45, 2.75) is 45.4 Å². The van der Waals surface area contributed by atoms with Gasteiger partial charge in [0.25, 0.3) is 0 Å². The number of likely N-dealkylation sites (N-methyl/N-ethyl adjacent to an activating group) is 1. The third-order valence-electron chi connectivity index (χ3n) is 6.96. The van der Waals surface area contributed by atoms with Gasteiger partial charge in [0.2, 0.25) is 5.91 Å². The average Bonchev–Trinajstić information content (AvgIpc) is 2.82. The van der Waals surface area contributed by atoms with Gasteiger partial charge in [0.15, 0.2) is 0 Å². The molecule has 4 heterocycles. The quantitative estimate of drug-likeness (QED) is 0.735. The molecule has 3 saturated heterocycles. The highest BCUT2D eigenvalue weighted by atomic mass is 16.5. The number of carbonyl (C=O) groups excluding carboxylic acids is 2. The molecule has 182 valence electrons. The Morgan fingerprint density at radius 2 is 1.70 bits per heavy atom. The van der Waals surface area contributed by atoms with E-state index in [1.807, 2.05) is 42.0 Å². The lowest BCUT2D eigenvalue weighted by atomic mass is 9.95. The van der Waals surface area contributed by atoms with Crippen LogP contribution in [0.3, 0.4) is 0 Å². The van der Waals surface area contributed by atoms with Crippen LogP contribution in [0.2, 0.25) is 0 Å². The van der Waals surface area contributed by atoms with Crippen LogP contribution < -0.4 is 10.2 Å². The zero-order valence-corrected chi connectivity index (χ0v) is 20.2. The minimum absolute atomic E-state index is 0.00583. The van der Waals surface area contributed by atoms with Crippen molar-refractivity contribution >= 4 is 17.8 Å². The Bertz CT molecular complexity index is 810. The molecule has 0 radical (unpaired) electrons. The molecular weight excluding hydrogens is 420 g/mol. The third kappa shape index (κ3) is 5.95. The lowest BCUT2D eigenvalue weighted by Gasteiger charge is -2.39. The first-order valence-electron chi connectivity index (χ1n) is 12.2. The summed E-state index contributed by atoms with van der Waals surface area (Å²) in [5.41, 5.74) is 1.04. The number of morpholine rings is 1. The van der Waals surface area contributed by atoms with Gasteiger partial charge < -0.3 is 29.7 Å². The number of urea groups is 1. The van der Waals surface area contributed by atoms with Gasteiger partial charge in [-0.15, -0.1) is 0 Å². The number of nitrogens with one attached hydrogen (secondary N) is 1. The standard InChI is InChI=1S/C24H38N6O3/c1-18-16-30(17-19(2)33-18)23(31)20-6-9-29(10-7-20)24(32)26-15-21-5-4-8-25-22(21)28-13-11-27(3)12-14-28/h4-5,8,18-20H,6-7,9-17H2,1-3H3,(H,26,32). The summed E-state index contributed by atoms with van der Waals surface area (Å²) in [6, 6.07) is 3.89. The summed E-state index contributed by atoms with van der Waals surface area (Å²) >= 11 is 0. The Kier molecular flexibility index (Phi) is 7.70. The topological polar surface area (TPSA) is 81.2 Å². The molecule has 9 heteroatoms. The first kappa shape index (κ1) is 23.8. The van der Waals surface area contributed by atoms with Crippen molar-refractivity contribution in [2.75, 3.05) is 64.3 Å². The van der Waals surface area contributed by atoms with Crippen LogP contribution in [0.5, 0.6) is 0 Å². The van der Waals surface area contributed by atoms with E-state index in [-0.39, 0.29) is 30.1 Å². The van der Waals surface area contributed by atoms with Crippen LogP contribution in [0.15, 0.2) is 18.3 Å². The van der Waals surface area contributed by atoms with Gasteiger partial charge in [-0.05, 0) is 39.8 Å². The van der Waals surface area contributed by atoms with E-state index < -0.39 is 0 Å². The number of nitrogens with zero attached hydrogens (tertiary/aromatic N) is 5. The lowest BCUT2D eigenvalue weighted by molar-refractivity contribution is -0.148. The maximum atomic E-state index is 13.0. The van der Waals surface area contributed by atoms with E-state index in [0.29, 0.717) is 45.6 Å². The molecule has 0 aromatic carbocycles. The minimum Gasteiger partial charge on any atom is -0.372 e. The van der Waals surface area contributed by atoms with E-state index in [2.05, 4.69) is 27.1 Å². The number of rotatable bonds is 4. The molecule has 9 nitrogen and oxygen atoms in total. The molecule has 0 aliphatic carbocycles. The number of anilines is 1. The maximum absolute atomic E-state index is 13.0. The molecule has 3 fully saturated rings. The predicted octanol–water partition coefficient (Wildman–Crippen LogP) is 1.39. The molecule has 2 unspecified atom stereocenters. The van der Waals surface area contributed by atoms with Gasteiger partial charge in [-0.25, -0.2) is 9.78 Å². The smallest absolute Gasteiger partial charge is 0.317 e. The first-order valence-corrected chi connectivity index (χ1v) is 12.2. The molecule has 3 aliphatic rings. The van der Waals surface area contributed by atoms with Crippen LogP contribution in [0.1, 0.15) is 32.3 Å². The van der Waals surface area contributed by atoms with Gasteiger partial charge in [-0.3, -0.25) is 4.79 Å². The van der Waals surface area contributed by atoms with E-state index in [9.17, 15) is 9.59 Å². The largest absolute Gasteiger partial charge is 0.372 e. The van der Waals surface area contributed by atoms with Gasteiger partial charge >= 0.3 is 6.03 Å². The van der Waals surface area contributed by atoms with Gasteiger partial charge in [0.1, 0.15) is 5.82 Å². The summed E-state index contributed by atoms with van der Waals surface area (Å²) in [6.45, 7) is 10.9. The normalized spacial score (nSPS) is 25.2. The van der Waals surface area contributed by atoms with Gasteiger partial charge in [0, 0.05) is 76.6 Å². The van der Waals surface area contributed by atoms with Crippen molar-refractivity contribution < 1.29 is 14.3 Å². The van der Waals surface area contributed by atoms with Crippen molar-refractivity contribution in [3.8, 4) is 0 Å². The number of hydrogen-bond donors (Lipinski definition) is 1. The van der Waals surface area contributed by atoms with Crippen molar-refractivity contribution in [2.24, 2.45) is 5.92 Å². The number of likely N-dealkylation sites (tertiary alicyclic amines) is 1. The minimum atomic E-state index is -0.0669. The monoisotopic (exact) mass is 458 g/mol. The molecule has 3 aliphatic heterocycles. The predicted molar refractivity (Wildman–Crippen MR) is 127 cm³/mol. The molecule has 0 bridgehead atoms. The second kappa shape index (κ2) is 10.7. The Hall–Kier alpha value is -2.39. The number of hydrogen-bond acceptors (Lipinski definition) is 6. The summed E-state index contributed by atoms with van der Waals surface area (Å²) in [6.07, 6.45) is 3.40. The second-order valence-electron chi connectivity index (χ2n) is 9.70. The highest BCUT2D eigenvalue weighted by Gasteiger charge is 2.33. The molecular formula is C24H38N6O3. The van der Waals surface area contributed by atoms with E-state index in [0.717, 1.165) is 37.6 Å². The van der Waals surface area contributed by atoms with Crippen LogP contribution in [-0.2, 0) is 16.1 Å². The average molecular weight is 459 g/mol. The third-order valence-corrected chi connectivity index (χ3v) is 6.96. The van der Waals surface area contributed by atoms with E-state index in [1.165, 1.54) is 0 Å². The second-order valence-corrected chi connectivity index (χ2v) is 9.70. The van der Waals surface area contributed by atoms with Crippen LogP contribution in [0.4, 0.5) is 10.6 Å². The number of amides is 3. The molecule has 1 N–H and O–H groups in total. The van der Waals surface area contributed by atoms with Crippen molar-refractivity contribution in [3.05, 3.63) is 23.9 Å². The number of carbonyl (C=O) groups is 2. The summed E-state index contributed by atoms with van der Waals surface area (Å²) in [5.74, 6) is 1.17. The number of piperidine rings is 1. The van der Waals surface area contributed by atoms with Gasteiger partial charge in [0.05, 0.1) is 12.2 Å². The number of ether oxygens (including phenoxy) is 1. The Labute approximate surface area is 197 Å². The SMILES string of the molecule is CC1CN(C(=O)C2CCN(C(=O)NCc3cccnc3N3CCN(C)CC3)CC2)CC(C)O1. The van der Waals surface area contributed by atoms with E-state index in [1.54, 1.807) is 0 Å². The van der Waals surface area contributed by atoms with E-state index >= 15 is 0 Å². The fourth-order valence-electron chi connectivity index (χ4n) is 5.10. The van der Waals surface area contributed by atoms with Gasteiger partial charge in [-0.1, -0.05) is 6.07 Å². The number of pyridine rings is 1. The first-order chi connectivity index (χ1) is 15.9. The van der Waals surface area contributed by atoms with E-state index in [4.69, 9.17) is 4.74 Å². The molecule has 2 atom stereocenters. The summed E-state index contributed by atoms with van der Waals surface area (Å²) < 4.78 is 5.75. The molecule has 1 aromatic rings. The highest BCUT2D eigenvalue weighted by molar-refractivity contribution is 5.80. The summed E-state index contributed by atoms with van der Waals surface area (Å²) in [5, 5.41) is 3.07. The Morgan fingerprint density at radius 1 is 1.03 bits per heavy atom. The van der Waals surface area contributed by atoms with Crippen molar-refractivity contribution in [3.63, 3.8) is 0 Å². The molecule has 0 saturated carbocycles. The molecule has 3 amide bonds. The molecule has 1 aromatic heterocycles. The summed E-state index contributed by atoms with van der Waals surface area (Å²) in [4.78, 5) is 38.8. The fourth-order valence-corrected chi connectivity index (χ4v) is 5.10. The van der Waals surface area contributed by atoms with Crippen molar-refractivity contribution in [1.29, 1.82) is 0 Å². The molecule has 4 rings (SSSR count). The van der Waals surface area contributed by atoms with Crippen molar-refractivity contribution in [1.82, 2.24) is 25.0 Å². The molecule has 0 spiro atoms. The van der Waals surface area contributed by atoms with Crippen LogP contribution in [0, 0.1) is 5.92 Å². The maximum Gasteiger partial charge on any atom is 0.317 e. The summed E-state index contributed by atoms with van der Waals surface area (Å²) in [7, 11) is 2.13. The van der Waals surface area contributed by atoms with Crippen LogP contribution >= 0.6 is 0 Å². The lowest BCUT2D eigenvalue weighted by Crippen LogP contribution is -2.52. The number of aromatic nitrogens is 1. The van der Waals surface area contributed by atoms with Crippen LogP contribution in [-0.4, -0.2) is 103 Å². The highest BCUT2D eigenvalue weighted by Crippen LogP contribution is 2.23. The molecule has 33 heavy (non-hydrogen) atoms.